The van der Waals surface area contributed by atoms with Crippen molar-refractivity contribution in [2.75, 3.05) is 5.32 Å². The summed E-state index contributed by atoms with van der Waals surface area (Å²) >= 11 is 9.35. The number of rotatable bonds is 3. The van der Waals surface area contributed by atoms with Crippen molar-refractivity contribution in [1.29, 1.82) is 0 Å². The van der Waals surface area contributed by atoms with Crippen LogP contribution < -0.4 is 5.32 Å². The van der Waals surface area contributed by atoms with E-state index in [1.165, 1.54) is 18.2 Å². The first kappa shape index (κ1) is 13.2. The number of aromatic hydroxyl groups is 1. The van der Waals surface area contributed by atoms with Gasteiger partial charge in [0.25, 0.3) is 0 Å². The minimum atomic E-state index is -0.383. The van der Waals surface area contributed by atoms with Crippen molar-refractivity contribution in [3.05, 3.63) is 57.3 Å². The summed E-state index contributed by atoms with van der Waals surface area (Å²) in [5.41, 5.74) is 1.21. The highest BCUT2D eigenvalue weighted by Gasteiger charge is 2.05. The Labute approximate surface area is 118 Å². The van der Waals surface area contributed by atoms with E-state index in [4.69, 9.17) is 11.6 Å². The Morgan fingerprint density at radius 1 is 1.22 bits per heavy atom. The van der Waals surface area contributed by atoms with Gasteiger partial charge in [0.05, 0.1) is 10.7 Å². The highest BCUT2D eigenvalue weighted by molar-refractivity contribution is 9.10. The zero-order chi connectivity index (χ0) is 13.1. The first-order valence-electron chi connectivity index (χ1n) is 5.22. The Hall–Kier alpha value is -1.26. The van der Waals surface area contributed by atoms with Crippen molar-refractivity contribution >= 4 is 33.2 Å². The molecule has 0 unspecified atom stereocenters. The lowest BCUT2D eigenvalue weighted by Crippen LogP contribution is -2.00. The molecule has 0 spiro atoms. The lowest BCUT2D eigenvalue weighted by molar-refractivity contribution is 0.466. The Kier molecular flexibility index (Phi) is 4.09. The molecule has 0 saturated heterocycles. The van der Waals surface area contributed by atoms with Crippen molar-refractivity contribution in [2.45, 2.75) is 6.54 Å². The predicted octanol–water partition coefficient (Wildman–Crippen LogP) is 4.56. The second-order valence-corrected chi connectivity index (χ2v) is 5.07. The summed E-state index contributed by atoms with van der Waals surface area (Å²) in [5.74, 6) is -0.330. The van der Waals surface area contributed by atoms with Gasteiger partial charge in [-0.2, -0.15) is 0 Å². The highest BCUT2D eigenvalue weighted by Crippen LogP contribution is 2.27. The summed E-state index contributed by atoms with van der Waals surface area (Å²) in [7, 11) is 0. The molecule has 2 aromatic carbocycles. The Bertz CT molecular complexity index is 577. The third-order valence-electron chi connectivity index (χ3n) is 2.44. The van der Waals surface area contributed by atoms with Gasteiger partial charge in [-0.1, -0.05) is 27.5 Å². The molecule has 0 aliphatic carbocycles. The second kappa shape index (κ2) is 5.59. The number of hydrogen-bond donors (Lipinski definition) is 2. The quantitative estimate of drug-likeness (QED) is 0.864. The van der Waals surface area contributed by atoms with Crippen LogP contribution in [-0.2, 0) is 6.54 Å². The van der Waals surface area contributed by atoms with Gasteiger partial charge in [-0.3, -0.25) is 0 Å². The van der Waals surface area contributed by atoms with Crippen LogP contribution in [0.5, 0.6) is 5.75 Å². The molecule has 2 aromatic rings. The standard InChI is InChI=1S/C13H10BrClFNO/c14-9-1-3-12(11(15)6-9)17-7-8-5-10(16)2-4-13(8)18/h1-6,17-18H,7H2. The first-order valence-corrected chi connectivity index (χ1v) is 6.39. The monoisotopic (exact) mass is 329 g/mol. The van der Waals surface area contributed by atoms with Crippen LogP contribution in [0.4, 0.5) is 10.1 Å². The van der Waals surface area contributed by atoms with Crippen LogP contribution in [0.2, 0.25) is 5.02 Å². The fraction of sp³-hybridized carbons (Fsp3) is 0.0769. The molecule has 2 rings (SSSR count). The fourth-order valence-electron chi connectivity index (χ4n) is 1.52. The van der Waals surface area contributed by atoms with Gasteiger partial charge in [-0.05, 0) is 36.4 Å². The maximum Gasteiger partial charge on any atom is 0.123 e. The van der Waals surface area contributed by atoms with E-state index < -0.39 is 0 Å². The summed E-state index contributed by atoms with van der Waals surface area (Å²) in [6.45, 7) is 0.297. The lowest BCUT2D eigenvalue weighted by atomic mass is 10.2. The van der Waals surface area contributed by atoms with Crippen molar-refractivity contribution in [2.24, 2.45) is 0 Å². The van der Waals surface area contributed by atoms with E-state index in [9.17, 15) is 9.50 Å². The van der Waals surface area contributed by atoms with Crippen LogP contribution in [0.25, 0.3) is 0 Å². The molecule has 0 atom stereocenters. The maximum atomic E-state index is 13.0. The number of halogens is 3. The van der Waals surface area contributed by atoms with Gasteiger partial charge >= 0.3 is 0 Å². The molecule has 0 radical (unpaired) electrons. The number of phenolic OH excluding ortho intramolecular Hbond substituents is 1. The van der Waals surface area contributed by atoms with Crippen LogP contribution in [0.3, 0.4) is 0 Å². The summed E-state index contributed by atoms with van der Waals surface area (Å²) in [5, 5.41) is 13.2. The van der Waals surface area contributed by atoms with Gasteiger partial charge in [-0.25, -0.2) is 4.39 Å². The Morgan fingerprint density at radius 3 is 2.72 bits per heavy atom. The zero-order valence-electron chi connectivity index (χ0n) is 9.25. The van der Waals surface area contributed by atoms with E-state index in [2.05, 4.69) is 21.2 Å². The zero-order valence-corrected chi connectivity index (χ0v) is 11.6. The molecule has 18 heavy (non-hydrogen) atoms. The Morgan fingerprint density at radius 2 is 2.00 bits per heavy atom. The van der Waals surface area contributed by atoms with Crippen molar-refractivity contribution < 1.29 is 9.50 Å². The number of phenols is 1. The topological polar surface area (TPSA) is 32.3 Å². The maximum absolute atomic E-state index is 13.0. The van der Waals surface area contributed by atoms with E-state index in [1.54, 1.807) is 6.07 Å². The van der Waals surface area contributed by atoms with Crippen LogP contribution in [0.1, 0.15) is 5.56 Å². The lowest BCUT2D eigenvalue weighted by Gasteiger charge is -2.10. The molecule has 0 aliphatic heterocycles. The smallest absolute Gasteiger partial charge is 0.123 e. The molecule has 0 saturated carbocycles. The number of nitrogens with one attached hydrogen (secondary N) is 1. The summed E-state index contributed by atoms with van der Waals surface area (Å²) in [4.78, 5) is 0. The number of anilines is 1. The normalized spacial score (nSPS) is 10.4. The summed E-state index contributed by atoms with van der Waals surface area (Å²) in [6.07, 6.45) is 0. The van der Waals surface area contributed by atoms with Gasteiger partial charge in [0, 0.05) is 16.6 Å². The van der Waals surface area contributed by atoms with Crippen LogP contribution in [0.15, 0.2) is 40.9 Å². The SMILES string of the molecule is Oc1ccc(F)cc1CNc1ccc(Br)cc1Cl. The molecular weight excluding hydrogens is 321 g/mol. The van der Waals surface area contributed by atoms with Crippen molar-refractivity contribution in [1.82, 2.24) is 0 Å². The van der Waals surface area contributed by atoms with E-state index in [0.717, 1.165) is 10.2 Å². The predicted molar refractivity (Wildman–Crippen MR) is 74.5 cm³/mol. The second-order valence-electron chi connectivity index (χ2n) is 3.75. The van der Waals surface area contributed by atoms with E-state index in [0.29, 0.717) is 17.1 Å². The van der Waals surface area contributed by atoms with Crippen LogP contribution >= 0.6 is 27.5 Å². The fourth-order valence-corrected chi connectivity index (χ4v) is 2.26. The molecule has 0 heterocycles. The molecule has 0 fully saturated rings. The molecule has 2 N–H and O–H groups in total. The minimum Gasteiger partial charge on any atom is -0.508 e. The molecular formula is C13H10BrClFNO. The number of benzene rings is 2. The molecule has 0 aliphatic rings. The first-order chi connectivity index (χ1) is 8.56. The average molecular weight is 331 g/mol. The molecule has 0 bridgehead atoms. The van der Waals surface area contributed by atoms with Gasteiger partial charge in [0.1, 0.15) is 11.6 Å². The minimum absolute atomic E-state index is 0.0529. The molecule has 0 aromatic heterocycles. The van der Waals surface area contributed by atoms with Gasteiger partial charge in [-0.15, -0.1) is 0 Å². The third kappa shape index (κ3) is 3.15. The van der Waals surface area contributed by atoms with Gasteiger partial charge < -0.3 is 10.4 Å². The number of hydrogen-bond acceptors (Lipinski definition) is 2. The van der Waals surface area contributed by atoms with Crippen molar-refractivity contribution in [3.8, 4) is 5.75 Å². The molecule has 94 valence electrons. The van der Waals surface area contributed by atoms with E-state index in [1.807, 2.05) is 12.1 Å². The molecule has 0 amide bonds. The highest BCUT2D eigenvalue weighted by atomic mass is 79.9. The third-order valence-corrected chi connectivity index (χ3v) is 3.25. The molecule has 5 heteroatoms. The van der Waals surface area contributed by atoms with E-state index >= 15 is 0 Å². The summed E-state index contributed by atoms with van der Waals surface area (Å²) in [6, 6.07) is 9.24. The average Bonchev–Trinajstić information content (AvgIpc) is 2.32. The van der Waals surface area contributed by atoms with Gasteiger partial charge in [0.15, 0.2) is 0 Å². The van der Waals surface area contributed by atoms with Crippen LogP contribution in [0, 0.1) is 5.82 Å². The van der Waals surface area contributed by atoms with E-state index in [-0.39, 0.29) is 11.6 Å². The van der Waals surface area contributed by atoms with Crippen molar-refractivity contribution in [3.63, 3.8) is 0 Å². The Balaban J connectivity index is 2.13. The van der Waals surface area contributed by atoms with Crippen LogP contribution in [-0.4, -0.2) is 5.11 Å². The largest absolute Gasteiger partial charge is 0.508 e. The van der Waals surface area contributed by atoms with Gasteiger partial charge in [0.2, 0.25) is 0 Å². The molecule has 2 nitrogen and oxygen atoms in total. The summed E-state index contributed by atoms with van der Waals surface area (Å²) < 4.78 is 13.9.